The first-order valence-corrected chi connectivity index (χ1v) is 6.37. The van der Waals surface area contributed by atoms with Crippen molar-refractivity contribution < 1.29 is 15.0 Å². The molecule has 6 nitrogen and oxygen atoms in total. The predicted molar refractivity (Wildman–Crippen MR) is 71.3 cm³/mol. The Balaban J connectivity index is 2.31. The Bertz CT molecular complexity index is 359. The summed E-state index contributed by atoms with van der Waals surface area (Å²) >= 11 is 0. The fraction of sp³-hybridized carbons (Fsp3) is 0.538. The number of hydrogen-bond donors (Lipinski definition) is 3. The van der Waals surface area contributed by atoms with Gasteiger partial charge in [-0.25, -0.2) is 0 Å². The number of nitrogens with zero attached hydrogens (tertiary/aromatic N) is 2. The number of aromatic nitrogens is 1. The van der Waals surface area contributed by atoms with Crippen LogP contribution in [-0.4, -0.2) is 58.9 Å². The molecule has 1 heterocycles. The van der Waals surface area contributed by atoms with Crippen LogP contribution in [0.15, 0.2) is 24.4 Å². The molecule has 0 aromatic carbocycles. The lowest BCUT2D eigenvalue weighted by Gasteiger charge is -2.20. The monoisotopic (exact) mass is 267 g/mol. The molecule has 6 heteroatoms. The molecule has 3 N–H and O–H groups in total. The molecule has 1 aromatic heterocycles. The Morgan fingerprint density at radius 2 is 2.11 bits per heavy atom. The van der Waals surface area contributed by atoms with Crippen LogP contribution in [0.1, 0.15) is 12.1 Å². The molecule has 0 saturated heterocycles. The lowest BCUT2D eigenvalue weighted by Crippen LogP contribution is -2.39. The van der Waals surface area contributed by atoms with E-state index >= 15 is 0 Å². The van der Waals surface area contributed by atoms with E-state index in [4.69, 9.17) is 10.2 Å². The van der Waals surface area contributed by atoms with E-state index < -0.39 is 0 Å². The molecule has 1 amide bonds. The van der Waals surface area contributed by atoms with Gasteiger partial charge in [0.25, 0.3) is 0 Å². The van der Waals surface area contributed by atoms with Crippen LogP contribution < -0.4 is 5.32 Å². The highest BCUT2D eigenvalue weighted by molar-refractivity contribution is 5.77. The van der Waals surface area contributed by atoms with Gasteiger partial charge in [0.1, 0.15) is 0 Å². The summed E-state index contributed by atoms with van der Waals surface area (Å²) in [5.41, 5.74) is 0.805. The van der Waals surface area contributed by atoms with Gasteiger partial charge < -0.3 is 15.5 Å². The number of rotatable bonds is 9. The summed E-state index contributed by atoms with van der Waals surface area (Å²) < 4.78 is 0. The Hall–Kier alpha value is -1.50. The zero-order valence-electron chi connectivity index (χ0n) is 11.0. The van der Waals surface area contributed by atoms with Crippen molar-refractivity contribution in [3.05, 3.63) is 30.1 Å². The molecule has 1 rings (SSSR count). The quantitative estimate of drug-likeness (QED) is 0.555. The van der Waals surface area contributed by atoms with Crippen LogP contribution in [0, 0.1) is 0 Å². The van der Waals surface area contributed by atoms with Crippen molar-refractivity contribution in [2.24, 2.45) is 0 Å². The van der Waals surface area contributed by atoms with E-state index in [1.54, 1.807) is 6.20 Å². The normalized spacial score (nSPS) is 10.7. The summed E-state index contributed by atoms with van der Waals surface area (Å²) in [4.78, 5) is 17.7. The van der Waals surface area contributed by atoms with Gasteiger partial charge in [-0.3, -0.25) is 14.7 Å². The SMILES string of the molecule is O=C(CN(CCO)CCCO)NCc1ccccn1. The predicted octanol–water partition coefficient (Wildman–Crippen LogP) is -0.625. The second-order valence-corrected chi connectivity index (χ2v) is 4.17. The number of carbonyl (C=O) groups is 1. The fourth-order valence-electron chi connectivity index (χ4n) is 1.66. The summed E-state index contributed by atoms with van der Waals surface area (Å²) in [6.45, 7) is 1.71. The standard InChI is InChI=1S/C13H21N3O3/c17-8-3-6-16(7-9-18)11-13(19)15-10-12-4-1-2-5-14-12/h1-2,4-5,17-18H,3,6-11H2,(H,15,19). The number of hydrogen-bond acceptors (Lipinski definition) is 5. The second-order valence-electron chi connectivity index (χ2n) is 4.17. The summed E-state index contributed by atoms with van der Waals surface area (Å²) in [5, 5.41) is 20.5. The summed E-state index contributed by atoms with van der Waals surface area (Å²) in [6.07, 6.45) is 2.27. The lowest BCUT2D eigenvalue weighted by molar-refractivity contribution is -0.122. The number of pyridine rings is 1. The van der Waals surface area contributed by atoms with Gasteiger partial charge >= 0.3 is 0 Å². The number of amides is 1. The van der Waals surface area contributed by atoms with Crippen molar-refractivity contribution in [3.8, 4) is 0 Å². The average Bonchev–Trinajstić information content (AvgIpc) is 2.44. The zero-order chi connectivity index (χ0) is 13.9. The van der Waals surface area contributed by atoms with Crippen LogP contribution in [0.2, 0.25) is 0 Å². The van der Waals surface area contributed by atoms with Crippen LogP contribution in [-0.2, 0) is 11.3 Å². The van der Waals surface area contributed by atoms with E-state index in [1.807, 2.05) is 23.1 Å². The van der Waals surface area contributed by atoms with Crippen molar-refractivity contribution in [1.29, 1.82) is 0 Å². The van der Waals surface area contributed by atoms with Crippen LogP contribution in [0.5, 0.6) is 0 Å². The number of nitrogens with one attached hydrogen (secondary N) is 1. The van der Waals surface area contributed by atoms with Gasteiger partial charge in [-0.1, -0.05) is 6.07 Å². The molecule has 0 radical (unpaired) electrons. The van der Waals surface area contributed by atoms with Gasteiger partial charge in [-0.05, 0) is 18.6 Å². The van der Waals surface area contributed by atoms with Gasteiger partial charge in [-0.15, -0.1) is 0 Å². The molecule has 0 bridgehead atoms. The van der Waals surface area contributed by atoms with Crippen LogP contribution in [0.3, 0.4) is 0 Å². The fourth-order valence-corrected chi connectivity index (χ4v) is 1.66. The smallest absolute Gasteiger partial charge is 0.234 e. The van der Waals surface area contributed by atoms with E-state index in [0.717, 1.165) is 5.69 Å². The molecule has 19 heavy (non-hydrogen) atoms. The zero-order valence-corrected chi connectivity index (χ0v) is 11.0. The summed E-state index contributed by atoms with van der Waals surface area (Å²) in [5.74, 6) is -0.114. The molecule has 106 valence electrons. The minimum absolute atomic E-state index is 0.00104. The molecular weight excluding hydrogens is 246 g/mol. The highest BCUT2D eigenvalue weighted by Gasteiger charge is 2.09. The highest BCUT2D eigenvalue weighted by Crippen LogP contribution is 1.94. The van der Waals surface area contributed by atoms with E-state index in [-0.39, 0.29) is 25.7 Å². The molecule has 0 aliphatic heterocycles. The van der Waals surface area contributed by atoms with Gasteiger partial charge in [0, 0.05) is 25.9 Å². The van der Waals surface area contributed by atoms with Gasteiger partial charge in [0.05, 0.1) is 25.4 Å². The van der Waals surface area contributed by atoms with Crippen molar-refractivity contribution in [2.45, 2.75) is 13.0 Å². The maximum absolute atomic E-state index is 11.7. The van der Waals surface area contributed by atoms with E-state index in [1.165, 1.54) is 0 Å². The van der Waals surface area contributed by atoms with Gasteiger partial charge in [0.2, 0.25) is 5.91 Å². The van der Waals surface area contributed by atoms with Crippen LogP contribution in [0.25, 0.3) is 0 Å². The Labute approximate surface area is 113 Å². The number of carbonyl (C=O) groups excluding carboxylic acids is 1. The molecule has 0 spiro atoms. The van der Waals surface area contributed by atoms with E-state index in [0.29, 0.717) is 26.1 Å². The Morgan fingerprint density at radius 3 is 2.74 bits per heavy atom. The number of aliphatic hydroxyl groups excluding tert-OH is 2. The van der Waals surface area contributed by atoms with Gasteiger partial charge in [-0.2, -0.15) is 0 Å². The third kappa shape index (κ3) is 6.85. The molecular formula is C13H21N3O3. The van der Waals surface area contributed by atoms with E-state index in [2.05, 4.69) is 10.3 Å². The third-order valence-corrected chi connectivity index (χ3v) is 2.61. The summed E-state index contributed by atoms with van der Waals surface area (Å²) in [7, 11) is 0. The third-order valence-electron chi connectivity index (χ3n) is 2.61. The van der Waals surface area contributed by atoms with Gasteiger partial charge in [0.15, 0.2) is 0 Å². The molecule has 0 aliphatic rings. The molecule has 0 saturated carbocycles. The van der Waals surface area contributed by atoms with Crippen LogP contribution in [0.4, 0.5) is 0 Å². The Kier molecular flexibility index (Phi) is 7.72. The van der Waals surface area contributed by atoms with E-state index in [9.17, 15) is 4.79 Å². The van der Waals surface area contributed by atoms with Crippen molar-refractivity contribution in [1.82, 2.24) is 15.2 Å². The van der Waals surface area contributed by atoms with Crippen molar-refractivity contribution in [3.63, 3.8) is 0 Å². The first kappa shape index (κ1) is 15.6. The molecule has 0 unspecified atom stereocenters. The number of aliphatic hydroxyl groups is 2. The Morgan fingerprint density at radius 1 is 1.26 bits per heavy atom. The minimum Gasteiger partial charge on any atom is -0.396 e. The first-order chi connectivity index (χ1) is 9.26. The largest absolute Gasteiger partial charge is 0.396 e. The molecule has 0 fully saturated rings. The topological polar surface area (TPSA) is 85.7 Å². The second kappa shape index (κ2) is 9.43. The first-order valence-electron chi connectivity index (χ1n) is 6.37. The van der Waals surface area contributed by atoms with Crippen molar-refractivity contribution >= 4 is 5.91 Å². The summed E-state index contributed by atoms with van der Waals surface area (Å²) in [6, 6.07) is 5.54. The minimum atomic E-state index is -0.114. The van der Waals surface area contributed by atoms with Crippen molar-refractivity contribution in [2.75, 3.05) is 32.8 Å². The lowest BCUT2D eigenvalue weighted by atomic mass is 10.3. The maximum Gasteiger partial charge on any atom is 0.234 e. The molecule has 1 aromatic rings. The highest BCUT2D eigenvalue weighted by atomic mass is 16.3. The maximum atomic E-state index is 11.7. The molecule has 0 atom stereocenters. The average molecular weight is 267 g/mol. The van der Waals surface area contributed by atoms with Crippen LogP contribution >= 0.6 is 0 Å². The molecule has 0 aliphatic carbocycles.